The molecule has 12 heavy (non-hydrogen) atoms. The fourth-order valence-electron chi connectivity index (χ4n) is 0.939. The molecule has 1 rings (SSSR count). The van der Waals surface area contributed by atoms with Gasteiger partial charge in [0.2, 0.25) is 0 Å². The van der Waals surface area contributed by atoms with Gasteiger partial charge in [-0.15, -0.1) is 4.89 Å². The molecule has 0 aliphatic rings. The van der Waals surface area contributed by atoms with E-state index in [1.807, 2.05) is 0 Å². The van der Waals surface area contributed by atoms with Crippen LogP contribution >= 0.6 is 8.25 Å². The Hall–Kier alpha value is -0.990. The van der Waals surface area contributed by atoms with Crippen LogP contribution in [0.5, 0.6) is 5.75 Å². The molecule has 0 bridgehead atoms. The van der Waals surface area contributed by atoms with Crippen molar-refractivity contribution >= 4 is 8.25 Å². The lowest BCUT2D eigenvalue weighted by atomic mass is 10.3. The molecule has 0 amide bonds. The first-order valence-electron chi connectivity index (χ1n) is 3.37. The first kappa shape index (κ1) is 9.10. The van der Waals surface area contributed by atoms with Crippen LogP contribution < -0.4 is 4.52 Å². The summed E-state index contributed by atoms with van der Waals surface area (Å²) < 4.78 is 14.9. The van der Waals surface area contributed by atoms with Crippen LogP contribution in [0.2, 0.25) is 0 Å². The zero-order chi connectivity index (χ0) is 9.14. The highest BCUT2D eigenvalue weighted by Crippen LogP contribution is 2.23. The molecule has 4 nitrogen and oxygen atoms in total. The molecule has 64 valence electrons. The maximum absolute atomic E-state index is 10.3. The Bertz CT molecular complexity index is 293. The molecule has 1 atom stereocenters. The Labute approximate surface area is 71.2 Å². The quantitative estimate of drug-likeness (QED) is 0.714. The maximum atomic E-state index is 10.3. The lowest BCUT2D eigenvalue weighted by molar-refractivity contribution is 0.410. The van der Waals surface area contributed by atoms with Gasteiger partial charge in [-0.25, -0.2) is 4.52 Å². The second-order valence-electron chi connectivity index (χ2n) is 2.41. The number of pyridine rings is 1. The molecule has 1 N–H and O–H groups in total. The molecule has 0 saturated heterocycles. The van der Waals surface area contributed by atoms with Gasteiger partial charge in [-0.05, 0) is 13.8 Å². The SMILES string of the molecule is Cc1cc(O[P+](=O)O)cc(C)n1. The van der Waals surface area contributed by atoms with Crippen LogP contribution in [0.4, 0.5) is 0 Å². The molecule has 1 aromatic rings. The fourth-order valence-corrected chi connectivity index (χ4v) is 1.22. The number of hydrogen-bond acceptors (Lipinski definition) is 3. The average Bonchev–Trinajstić information content (AvgIpc) is 1.81. The summed E-state index contributed by atoms with van der Waals surface area (Å²) in [7, 11) is -2.58. The lowest BCUT2D eigenvalue weighted by Crippen LogP contribution is -1.88. The Morgan fingerprint density at radius 1 is 1.42 bits per heavy atom. The number of aryl methyl sites for hydroxylation is 2. The smallest absolute Gasteiger partial charge is 0.258 e. The van der Waals surface area contributed by atoms with Crippen molar-refractivity contribution in [1.82, 2.24) is 4.98 Å². The van der Waals surface area contributed by atoms with E-state index in [1.165, 1.54) is 0 Å². The van der Waals surface area contributed by atoms with Crippen molar-refractivity contribution in [1.29, 1.82) is 0 Å². The second kappa shape index (κ2) is 3.61. The van der Waals surface area contributed by atoms with Crippen molar-refractivity contribution in [2.24, 2.45) is 0 Å². The maximum Gasteiger partial charge on any atom is 0.747 e. The Morgan fingerprint density at radius 3 is 2.33 bits per heavy atom. The number of nitrogens with zero attached hydrogens (tertiary/aromatic N) is 1. The first-order valence-corrected chi connectivity index (χ1v) is 4.50. The minimum Gasteiger partial charge on any atom is -0.258 e. The Balaban J connectivity index is 2.93. The van der Waals surface area contributed by atoms with Crippen molar-refractivity contribution in [2.75, 3.05) is 0 Å². The largest absolute Gasteiger partial charge is 0.747 e. The van der Waals surface area contributed by atoms with Gasteiger partial charge in [-0.2, -0.15) is 0 Å². The number of hydrogen-bond donors (Lipinski definition) is 1. The van der Waals surface area contributed by atoms with E-state index >= 15 is 0 Å². The van der Waals surface area contributed by atoms with Gasteiger partial charge in [0, 0.05) is 28.1 Å². The molecule has 0 aliphatic heterocycles. The summed E-state index contributed by atoms with van der Waals surface area (Å²) in [5.74, 6) is 0.378. The van der Waals surface area contributed by atoms with Crippen LogP contribution in [0.1, 0.15) is 11.4 Å². The number of aromatic nitrogens is 1. The molecular formula is C7H9NO3P+. The first-order chi connectivity index (χ1) is 5.58. The highest BCUT2D eigenvalue weighted by Gasteiger charge is 2.14. The second-order valence-corrected chi connectivity index (χ2v) is 3.07. The molecule has 0 fully saturated rings. The van der Waals surface area contributed by atoms with E-state index in [4.69, 9.17) is 4.89 Å². The molecule has 0 radical (unpaired) electrons. The van der Waals surface area contributed by atoms with Gasteiger partial charge in [0.1, 0.15) is 0 Å². The van der Waals surface area contributed by atoms with Crippen molar-refractivity contribution in [3.8, 4) is 5.75 Å². The van der Waals surface area contributed by atoms with Gasteiger partial charge in [-0.3, -0.25) is 4.98 Å². The average molecular weight is 186 g/mol. The highest BCUT2D eigenvalue weighted by molar-refractivity contribution is 7.32. The highest BCUT2D eigenvalue weighted by atomic mass is 31.1. The van der Waals surface area contributed by atoms with Gasteiger partial charge in [0.25, 0.3) is 0 Å². The predicted molar refractivity (Wildman–Crippen MR) is 44.2 cm³/mol. The fraction of sp³-hybridized carbons (Fsp3) is 0.286. The third kappa shape index (κ3) is 2.57. The topological polar surface area (TPSA) is 59.4 Å². The number of rotatable bonds is 2. The third-order valence-corrected chi connectivity index (χ3v) is 1.61. The summed E-state index contributed by atoms with van der Waals surface area (Å²) in [6.07, 6.45) is 0. The lowest BCUT2D eigenvalue weighted by Gasteiger charge is -1.96. The van der Waals surface area contributed by atoms with Crippen molar-refractivity contribution in [2.45, 2.75) is 13.8 Å². The summed E-state index contributed by atoms with van der Waals surface area (Å²) in [6.45, 7) is 3.59. The van der Waals surface area contributed by atoms with Crippen molar-refractivity contribution in [3.63, 3.8) is 0 Å². The normalized spacial score (nSPS) is 11.1. The summed E-state index contributed by atoms with van der Waals surface area (Å²) in [5, 5.41) is 0. The van der Waals surface area contributed by atoms with Gasteiger partial charge in [-0.1, -0.05) is 0 Å². The van der Waals surface area contributed by atoms with E-state index in [0.29, 0.717) is 5.75 Å². The predicted octanol–water partition coefficient (Wildman–Crippen LogP) is 1.73. The van der Waals surface area contributed by atoms with E-state index in [2.05, 4.69) is 9.51 Å². The minimum absolute atomic E-state index is 0.378. The summed E-state index contributed by atoms with van der Waals surface area (Å²) in [6, 6.07) is 3.22. The zero-order valence-electron chi connectivity index (χ0n) is 6.81. The van der Waals surface area contributed by atoms with Crippen LogP contribution in [0.15, 0.2) is 12.1 Å². The molecule has 1 unspecified atom stereocenters. The van der Waals surface area contributed by atoms with Crippen molar-refractivity contribution < 1.29 is 14.0 Å². The van der Waals surface area contributed by atoms with Crippen LogP contribution in [-0.4, -0.2) is 9.88 Å². The molecular weight excluding hydrogens is 177 g/mol. The Morgan fingerprint density at radius 2 is 1.92 bits per heavy atom. The molecule has 0 spiro atoms. The molecule has 1 aromatic heterocycles. The molecule has 1 heterocycles. The van der Waals surface area contributed by atoms with E-state index in [9.17, 15) is 4.57 Å². The van der Waals surface area contributed by atoms with Gasteiger partial charge < -0.3 is 0 Å². The Kier molecular flexibility index (Phi) is 2.74. The van der Waals surface area contributed by atoms with E-state index in [1.54, 1.807) is 26.0 Å². The van der Waals surface area contributed by atoms with Crippen LogP contribution in [0.3, 0.4) is 0 Å². The molecule has 5 heteroatoms. The molecule has 0 aromatic carbocycles. The van der Waals surface area contributed by atoms with Gasteiger partial charge in [0.05, 0.1) is 0 Å². The molecule has 0 aliphatic carbocycles. The summed E-state index contributed by atoms with van der Waals surface area (Å²) >= 11 is 0. The monoisotopic (exact) mass is 186 g/mol. The van der Waals surface area contributed by atoms with Crippen LogP contribution in [0, 0.1) is 13.8 Å². The van der Waals surface area contributed by atoms with Gasteiger partial charge >= 0.3 is 8.25 Å². The van der Waals surface area contributed by atoms with E-state index < -0.39 is 8.25 Å². The van der Waals surface area contributed by atoms with E-state index in [-0.39, 0.29) is 0 Å². The van der Waals surface area contributed by atoms with Crippen LogP contribution in [-0.2, 0) is 4.57 Å². The summed E-state index contributed by atoms with van der Waals surface area (Å²) in [5.41, 5.74) is 1.53. The van der Waals surface area contributed by atoms with E-state index in [0.717, 1.165) is 11.4 Å². The van der Waals surface area contributed by atoms with Crippen molar-refractivity contribution in [3.05, 3.63) is 23.5 Å². The van der Waals surface area contributed by atoms with Gasteiger partial charge in [0.15, 0.2) is 5.75 Å². The third-order valence-electron chi connectivity index (χ3n) is 1.24. The summed E-state index contributed by atoms with van der Waals surface area (Å²) in [4.78, 5) is 12.5. The zero-order valence-corrected chi connectivity index (χ0v) is 7.71. The minimum atomic E-state index is -2.58. The molecule has 0 saturated carbocycles. The van der Waals surface area contributed by atoms with Crippen LogP contribution in [0.25, 0.3) is 0 Å². The standard InChI is InChI=1S/C7H8NO3P/c1-5-3-7(11-12(9)10)4-6(2)8-5/h3-4H,1-2H3/p+1.